The molecule has 0 saturated carbocycles. The number of carboxylic acid groups (broad SMARTS) is 1. The van der Waals surface area contributed by atoms with Crippen LogP contribution in [0, 0.1) is 6.92 Å². The highest BCUT2D eigenvalue weighted by atomic mass is 32.2. The fourth-order valence-corrected chi connectivity index (χ4v) is 5.27. The predicted octanol–water partition coefficient (Wildman–Crippen LogP) is 4.50. The van der Waals surface area contributed by atoms with E-state index in [1.165, 1.54) is 42.3 Å². The monoisotopic (exact) mass is 559 g/mol. The van der Waals surface area contributed by atoms with Crippen molar-refractivity contribution in [3.05, 3.63) is 108 Å². The number of aryl methyl sites for hydroxylation is 1. The topological polar surface area (TPSA) is 141 Å². The minimum absolute atomic E-state index is 0.0420. The molecule has 4 aromatic carbocycles. The number of aromatic carboxylic acids is 1. The first-order chi connectivity index (χ1) is 19.0. The quantitative estimate of drug-likeness (QED) is 0.256. The molecule has 0 spiro atoms. The third-order valence-corrected chi connectivity index (χ3v) is 8.24. The van der Waals surface area contributed by atoms with Crippen molar-refractivity contribution in [1.29, 1.82) is 0 Å². The number of nitrogens with zero attached hydrogens (tertiary/aromatic N) is 2. The number of hydrogen-bond donors (Lipinski definition) is 3. The van der Waals surface area contributed by atoms with E-state index in [1.54, 1.807) is 18.2 Å². The molecule has 0 aromatic heterocycles. The standard InChI is InChI=1S/C30H29N3O6S/c1-20-6-13-26(14-7-20)40(38,39)32(2)19-29(35)33(25-12-15-27(30(36)37)28(34)17-25)18-21-8-10-22(11-9-21)23-4-3-5-24(31)16-23/h3-17,34H,18-19,31H2,1-2H3,(H,36,37). The largest absolute Gasteiger partial charge is 0.507 e. The van der Waals surface area contributed by atoms with E-state index in [2.05, 4.69) is 0 Å². The van der Waals surface area contributed by atoms with Crippen LogP contribution in [0.5, 0.6) is 5.75 Å². The fraction of sp³-hybridized carbons (Fsp3) is 0.133. The Balaban J connectivity index is 1.63. The molecule has 0 heterocycles. The van der Waals surface area contributed by atoms with Gasteiger partial charge in [0.1, 0.15) is 11.3 Å². The van der Waals surface area contributed by atoms with Crippen LogP contribution in [0.2, 0.25) is 0 Å². The summed E-state index contributed by atoms with van der Waals surface area (Å²) < 4.78 is 27.2. The van der Waals surface area contributed by atoms with Crippen molar-refractivity contribution in [1.82, 2.24) is 4.31 Å². The second-order valence-corrected chi connectivity index (χ2v) is 11.4. The molecule has 1 amide bonds. The van der Waals surface area contributed by atoms with E-state index >= 15 is 0 Å². The van der Waals surface area contributed by atoms with E-state index in [0.717, 1.165) is 26.6 Å². The van der Waals surface area contributed by atoms with Gasteiger partial charge in [-0.15, -0.1) is 0 Å². The van der Waals surface area contributed by atoms with Gasteiger partial charge in [0.05, 0.1) is 18.0 Å². The summed E-state index contributed by atoms with van der Waals surface area (Å²) in [5.74, 6) is -2.40. The first kappa shape index (κ1) is 28.3. The smallest absolute Gasteiger partial charge is 0.339 e. The van der Waals surface area contributed by atoms with Crippen LogP contribution >= 0.6 is 0 Å². The molecule has 0 aliphatic heterocycles. The average Bonchev–Trinajstić information content (AvgIpc) is 2.92. The van der Waals surface area contributed by atoms with Crippen molar-refractivity contribution >= 4 is 33.3 Å². The van der Waals surface area contributed by atoms with Crippen molar-refractivity contribution in [2.75, 3.05) is 24.2 Å². The number of sulfonamides is 1. The van der Waals surface area contributed by atoms with Gasteiger partial charge in [-0.2, -0.15) is 4.31 Å². The Morgan fingerprint density at radius 2 is 1.55 bits per heavy atom. The maximum Gasteiger partial charge on any atom is 0.339 e. The van der Waals surface area contributed by atoms with Crippen LogP contribution in [0.15, 0.2) is 95.9 Å². The summed E-state index contributed by atoms with van der Waals surface area (Å²) in [6.07, 6.45) is 0. The molecule has 10 heteroatoms. The summed E-state index contributed by atoms with van der Waals surface area (Å²) in [4.78, 5) is 26.3. The summed E-state index contributed by atoms with van der Waals surface area (Å²) in [7, 11) is -2.64. The lowest BCUT2D eigenvalue weighted by Gasteiger charge is -2.26. The molecular weight excluding hydrogens is 530 g/mol. The van der Waals surface area contributed by atoms with Crippen LogP contribution in [-0.2, 0) is 21.4 Å². The molecule has 0 atom stereocenters. The van der Waals surface area contributed by atoms with Gasteiger partial charge in [-0.05, 0) is 60.0 Å². The summed E-state index contributed by atoms with van der Waals surface area (Å²) in [6.45, 7) is 1.40. The molecule has 0 bridgehead atoms. The van der Waals surface area contributed by atoms with Gasteiger partial charge in [0.25, 0.3) is 0 Å². The maximum absolute atomic E-state index is 13.6. The number of carbonyl (C=O) groups excluding carboxylic acids is 1. The molecular formula is C30H29N3O6S. The minimum Gasteiger partial charge on any atom is -0.507 e. The van der Waals surface area contributed by atoms with Crippen molar-refractivity contribution in [2.24, 2.45) is 0 Å². The third kappa shape index (κ3) is 6.31. The van der Waals surface area contributed by atoms with Crippen LogP contribution < -0.4 is 10.6 Å². The second-order valence-electron chi connectivity index (χ2n) is 9.38. The average molecular weight is 560 g/mol. The predicted molar refractivity (Wildman–Crippen MR) is 154 cm³/mol. The van der Waals surface area contributed by atoms with E-state index in [1.807, 2.05) is 49.4 Å². The SMILES string of the molecule is Cc1ccc(S(=O)(=O)N(C)CC(=O)N(Cc2ccc(-c3cccc(N)c3)cc2)c2ccc(C(=O)O)c(O)c2)cc1. The van der Waals surface area contributed by atoms with E-state index < -0.39 is 34.2 Å². The van der Waals surface area contributed by atoms with Crippen LogP contribution in [0.25, 0.3) is 11.1 Å². The lowest BCUT2D eigenvalue weighted by molar-refractivity contribution is -0.118. The molecule has 40 heavy (non-hydrogen) atoms. The molecule has 9 nitrogen and oxygen atoms in total. The number of carbonyl (C=O) groups is 2. The number of rotatable bonds is 9. The number of hydrogen-bond acceptors (Lipinski definition) is 6. The van der Waals surface area contributed by atoms with Gasteiger partial charge in [0.15, 0.2) is 0 Å². The summed E-state index contributed by atoms with van der Waals surface area (Å²) in [5, 5.41) is 19.6. The molecule has 0 unspecified atom stereocenters. The summed E-state index contributed by atoms with van der Waals surface area (Å²) in [6, 6.07) is 24.9. The van der Waals surface area contributed by atoms with Crippen LogP contribution in [0.3, 0.4) is 0 Å². The van der Waals surface area contributed by atoms with E-state index in [4.69, 9.17) is 5.73 Å². The number of amides is 1. The Morgan fingerprint density at radius 1 is 0.875 bits per heavy atom. The molecule has 206 valence electrons. The van der Waals surface area contributed by atoms with Crippen LogP contribution in [0.1, 0.15) is 21.5 Å². The fourth-order valence-electron chi connectivity index (χ4n) is 4.15. The molecule has 4 rings (SSSR count). The molecule has 0 saturated heterocycles. The Hall–Kier alpha value is -4.67. The maximum atomic E-state index is 13.6. The van der Waals surface area contributed by atoms with Gasteiger partial charge in [-0.25, -0.2) is 13.2 Å². The number of likely N-dealkylation sites (N-methyl/N-ethyl adjacent to an activating group) is 1. The number of nitrogens with two attached hydrogens (primary N) is 1. The highest BCUT2D eigenvalue weighted by Gasteiger charge is 2.27. The van der Waals surface area contributed by atoms with Crippen molar-refractivity contribution in [2.45, 2.75) is 18.4 Å². The zero-order chi connectivity index (χ0) is 29.0. The number of nitrogen functional groups attached to an aromatic ring is 1. The summed E-state index contributed by atoms with van der Waals surface area (Å²) >= 11 is 0. The summed E-state index contributed by atoms with van der Waals surface area (Å²) in [5.41, 5.74) is 9.90. The van der Waals surface area contributed by atoms with E-state index in [0.29, 0.717) is 5.69 Å². The van der Waals surface area contributed by atoms with Crippen LogP contribution in [-0.4, -0.2) is 48.4 Å². The Kier molecular flexibility index (Phi) is 8.22. The molecule has 0 fully saturated rings. The number of benzene rings is 4. The second kappa shape index (κ2) is 11.6. The van der Waals surface area contributed by atoms with Crippen molar-refractivity contribution < 1.29 is 28.2 Å². The van der Waals surface area contributed by atoms with Gasteiger partial charge in [0, 0.05) is 24.5 Å². The molecule has 0 aliphatic rings. The highest BCUT2D eigenvalue weighted by molar-refractivity contribution is 7.89. The van der Waals surface area contributed by atoms with Crippen LogP contribution in [0.4, 0.5) is 11.4 Å². The minimum atomic E-state index is -3.96. The Bertz CT molecular complexity index is 1650. The molecule has 4 N–H and O–H groups in total. The lowest BCUT2D eigenvalue weighted by Crippen LogP contribution is -2.41. The van der Waals surface area contributed by atoms with E-state index in [9.17, 15) is 28.2 Å². The first-order valence-electron chi connectivity index (χ1n) is 12.3. The molecule has 0 radical (unpaired) electrons. The molecule has 0 aliphatic carbocycles. The van der Waals surface area contributed by atoms with Crippen molar-refractivity contribution in [3.63, 3.8) is 0 Å². The van der Waals surface area contributed by atoms with Gasteiger partial charge in [0.2, 0.25) is 15.9 Å². The number of carboxylic acids is 1. The third-order valence-electron chi connectivity index (χ3n) is 6.43. The van der Waals surface area contributed by atoms with Crippen molar-refractivity contribution in [3.8, 4) is 16.9 Å². The Morgan fingerprint density at radius 3 is 2.15 bits per heavy atom. The Labute approximate surface area is 232 Å². The van der Waals surface area contributed by atoms with Gasteiger partial charge < -0.3 is 20.8 Å². The van der Waals surface area contributed by atoms with Gasteiger partial charge >= 0.3 is 5.97 Å². The van der Waals surface area contributed by atoms with E-state index in [-0.39, 0.29) is 22.7 Å². The zero-order valence-corrected chi connectivity index (χ0v) is 22.8. The number of anilines is 2. The number of phenols is 1. The first-order valence-corrected chi connectivity index (χ1v) is 13.7. The van der Waals surface area contributed by atoms with Gasteiger partial charge in [-0.1, -0.05) is 54.1 Å². The highest BCUT2D eigenvalue weighted by Crippen LogP contribution is 2.28. The number of aromatic hydroxyl groups is 1. The van der Waals surface area contributed by atoms with Gasteiger partial charge in [-0.3, -0.25) is 4.79 Å². The molecule has 4 aromatic rings. The lowest BCUT2D eigenvalue weighted by atomic mass is 10.0. The normalized spacial score (nSPS) is 11.4. The zero-order valence-electron chi connectivity index (χ0n) is 22.0.